The molecule has 0 aliphatic heterocycles. The molecule has 2 heterocycles. The molecule has 0 saturated heterocycles. The quantitative estimate of drug-likeness (QED) is 0.557. The first kappa shape index (κ1) is 17.9. The summed E-state index contributed by atoms with van der Waals surface area (Å²) in [7, 11) is 0. The van der Waals surface area contributed by atoms with E-state index in [9.17, 15) is 15.0 Å². The summed E-state index contributed by atoms with van der Waals surface area (Å²) < 4.78 is 1.91. The fraction of sp³-hybridized carbons (Fsp3) is 0.136. The molecule has 4 aromatic rings. The second kappa shape index (κ2) is 7.25. The van der Waals surface area contributed by atoms with Gasteiger partial charge in [-0.3, -0.25) is 0 Å². The van der Waals surface area contributed by atoms with E-state index in [0.717, 1.165) is 27.9 Å². The van der Waals surface area contributed by atoms with Crippen molar-refractivity contribution in [2.45, 2.75) is 20.1 Å². The van der Waals surface area contributed by atoms with E-state index in [0.29, 0.717) is 17.9 Å². The Balaban J connectivity index is 1.69. The molecular weight excluding hydrogens is 354 g/mol. The summed E-state index contributed by atoms with van der Waals surface area (Å²) in [4.78, 5) is 20.4. The van der Waals surface area contributed by atoms with Crippen LogP contribution < -0.4 is 0 Å². The van der Waals surface area contributed by atoms with Gasteiger partial charge in [-0.05, 0) is 41.3 Å². The molecule has 0 radical (unpaired) electrons. The van der Waals surface area contributed by atoms with Gasteiger partial charge in [0, 0.05) is 6.20 Å². The monoisotopic (exact) mass is 373 g/mol. The zero-order valence-electron chi connectivity index (χ0n) is 15.3. The van der Waals surface area contributed by atoms with Crippen molar-refractivity contribution in [3.63, 3.8) is 0 Å². The van der Waals surface area contributed by atoms with Crippen molar-refractivity contribution >= 4 is 17.1 Å². The predicted octanol–water partition coefficient (Wildman–Crippen LogP) is 3.65. The first-order valence-corrected chi connectivity index (χ1v) is 8.91. The van der Waals surface area contributed by atoms with Gasteiger partial charge in [-0.2, -0.15) is 0 Å². The van der Waals surface area contributed by atoms with E-state index >= 15 is 0 Å². The maximum Gasteiger partial charge on any atom is 0.336 e. The number of aromatic nitrogens is 3. The van der Waals surface area contributed by atoms with Crippen molar-refractivity contribution in [2.75, 3.05) is 0 Å². The Hall–Kier alpha value is -3.51. The Bertz CT molecular complexity index is 1160. The molecule has 0 spiro atoms. The Morgan fingerprint density at radius 1 is 1.07 bits per heavy atom. The summed E-state index contributed by atoms with van der Waals surface area (Å²) in [5.74, 6) is -0.379. The molecule has 0 atom stereocenters. The topological polar surface area (TPSA) is 88.2 Å². The Kier molecular flexibility index (Phi) is 4.63. The van der Waals surface area contributed by atoms with E-state index in [2.05, 4.69) is 9.97 Å². The molecule has 0 amide bonds. The van der Waals surface area contributed by atoms with Gasteiger partial charge in [0.1, 0.15) is 17.9 Å². The standard InChI is InChI=1S/C22H19N3O3/c1-14-10-11-23-21-20(14)24-19(13-26)25(21)12-15-6-8-16(9-7-15)17-4-2-3-5-18(17)22(27)28/h2-11,26H,12-13H2,1H3,(H,27,28). The van der Waals surface area contributed by atoms with Gasteiger partial charge in [0.2, 0.25) is 0 Å². The van der Waals surface area contributed by atoms with E-state index < -0.39 is 5.97 Å². The average molecular weight is 373 g/mol. The van der Waals surface area contributed by atoms with E-state index in [1.807, 2.05) is 47.9 Å². The van der Waals surface area contributed by atoms with Crippen LogP contribution >= 0.6 is 0 Å². The van der Waals surface area contributed by atoms with Gasteiger partial charge >= 0.3 is 5.97 Å². The number of imidazole rings is 1. The van der Waals surface area contributed by atoms with Gasteiger partial charge in [0.15, 0.2) is 5.65 Å². The lowest BCUT2D eigenvalue weighted by Gasteiger charge is -2.10. The number of carbonyl (C=O) groups is 1. The molecule has 2 N–H and O–H groups in total. The molecule has 6 nitrogen and oxygen atoms in total. The molecule has 0 unspecified atom stereocenters. The number of aryl methyl sites for hydroxylation is 1. The first-order chi connectivity index (χ1) is 13.6. The van der Waals surface area contributed by atoms with Crippen molar-refractivity contribution in [1.29, 1.82) is 0 Å². The van der Waals surface area contributed by atoms with Gasteiger partial charge in [-0.15, -0.1) is 0 Å². The molecule has 0 saturated carbocycles. The lowest BCUT2D eigenvalue weighted by Crippen LogP contribution is -2.06. The molecule has 28 heavy (non-hydrogen) atoms. The molecule has 140 valence electrons. The minimum Gasteiger partial charge on any atom is -0.478 e. The molecule has 2 aromatic carbocycles. The van der Waals surface area contributed by atoms with Crippen LogP contribution in [0.15, 0.2) is 60.8 Å². The van der Waals surface area contributed by atoms with Crippen molar-refractivity contribution in [3.05, 3.63) is 83.3 Å². The van der Waals surface area contributed by atoms with Gasteiger partial charge in [0.05, 0.1) is 12.1 Å². The molecule has 2 aromatic heterocycles. The van der Waals surface area contributed by atoms with Crippen LogP contribution in [0.2, 0.25) is 0 Å². The summed E-state index contributed by atoms with van der Waals surface area (Å²) in [6.45, 7) is 2.32. The second-order valence-corrected chi connectivity index (χ2v) is 6.62. The second-order valence-electron chi connectivity index (χ2n) is 6.62. The highest BCUT2D eigenvalue weighted by atomic mass is 16.4. The van der Waals surface area contributed by atoms with Crippen LogP contribution in [0.5, 0.6) is 0 Å². The Morgan fingerprint density at radius 2 is 1.82 bits per heavy atom. The number of nitrogens with zero attached hydrogens (tertiary/aromatic N) is 3. The van der Waals surface area contributed by atoms with Crippen LogP contribution in [0.4, 0.5) is 0 Å². The zero-order chi connectivity index (χ0) is 19.7. The van der Waals surface area contributed by atoms with Crippen LogP contribution in [-0.4, -0.2) is 30.7 Å². The van der Waals surface area contributed by atoms with E-state index in [-0.39, 0.29) is 12.2 Å². The smallest absolute Gasteiger partial charge is 0.336 e. The Morgan fingerprint density at radius 3 is 2.54 bits per heavy atom. The fourth-order valence-corrected chi connectivity index (χ4v) is 3.36. The number of benzene rings is 2. The number of carboxylic acids is 1. The lowest BCUT2D eigenvalue weighted by atomic mass is 9.99. The number of aliphatic hydroxyl groups is 1. The lowest BCUT2D eigenvalue weighted by molar-refractivity contribution is 0.0697. The summed E-state index contributed by atoms with van der Waals surface area (Å²) >= 11 is 0. The summed E-state index contributed by atoms with van der Waals surface area (Å²) in [5, 5.41) is 19.1. The van der Waals surface area contributed by atoms with Gasteiger partial charge in [-0.25, -0.2) is 14.8 Å². The third-order valence-corrected chi connectivity index (χ3v) is 4.82. The van der Waals surface area contributed by atoms with E-state index in [1.54, 1.807) is 24.4 Å². The maximum absolute atomic E-state index is 11.5. The number of aliphatic hydroxyl groups excluding tert-OH is 1. The normalized spacial score (nSPS) is 11.1. The molecule has 0 fully saturated rings. The summed E-state index contributed by atoms with van der Waals surface area (Å²) in [5.41, 5.74) is 5.35. The molecule has 0 aliphatic carbocycles. The third kappa shape index (κ3) is 3.14. The van der Waals surface area contributed by atoms with Crippen LogP contribution in [0.3, 0.4) is 0 Å². The van der Waals surface area contributed by atoms with E-state index in [1.165, 1.54) is 0 Å². The maximum atomic E-state index is 11.5. The number of aromatic carboxylic acids is 1. The minimum absolute atomic E-state index is 0.167. The molecule has 4 rings (SSSR count). The van der Waals surface area contributed by atoms with Gasteiger partial charge in [-0.1, -0.05) is 42.5 Å². The van der Waals surface area contributed by atoms with Crippen molar-refractivity contribution in [3.8, 4) is 11.1 Å². The highest BCUT2D eigenvalue weighted by molar-refractivity contribution is 5.96. The highest BCUT2D eigenvalue weighted by Crippen LogP contribution is 2.25. The number of hydrogen-bond acceptors (Lipinski definition) is 4. The van der Waals surface area contributed by atoms with Crippen LogP contribution in [0.25, 0.3) is 22.3 Å². The summed E-state index contributed by atoms with van der Waals surface area (Å²) in [6, 6.07) is 16.6. The molecule has 0 aliphatic rings. The minimum atomic E-state index is -0.946. The van der Waals surface area contributed by atoms with Crippen molar-refractivity contribution in [2.24, 2.45) is 0 Å². The zero-order valence-corrected chi connectivity index (χ0v) is 15.3. The molecule has 6 heteroatoms. The number of hydrogen-bond donors (Lipinski definition) is 2. The Labute approximate surface area is 161 Å². The van der Waals surface area contributed by atoms with Crippen LogP contribution in [0.1, 0.15) is 27.3 Å². The van der Waals surface area contributed by atoms with Crippen LogP contribution in [0, 0.1) is 6.92 Å². The van der Waals surface area contributed by atoms with Gasteiger partial charge < -0.3 is 14.8 Å². The number of pyridine rings is 1. The summed E-state index contributed by atoms with van der Waals surface area (Å²) in [6.07, 6.45) is 1.74. The first-order valence-electron chi connectivity index (χ1n) is 8.91. The van der Waals surface area contributed by atoms with Gasteiger partial charge in [0.25, 0.3) is 0 Å². The largest absolute Gasteiger partial charge is 0.478 e. The van der Waals surface area contributed by atoms with Crippen molar-refractivity contribution < 1.29 is 15.0 Å². The van der Waals surface area contributed by atoms with Crippen LogP contribution in [-0.2, 0) is 13.2 Å². The average Bonchev–Trinajstić information content (AvgIpc) is 3.07. The SMILES string of the molecule is Cc1ccnc2c1nc(CO)n2Cc1ccc(-c2ccccc2C(=O)O)cc1. The number of fused-ring (bicyclic) bond motifs is 1. The molecule has 0 bridgehead atoms. The van der Waals surface area contributed by atoms with E-state index in [4.69, 9.17) is 0 Å². The van der Waals surface area contributed by atoms with Crippen molar-refractivity contribution in [1.82, 2.24) is 14.5 Å². The molecular formula is C22H19N3O3. The number of rotatable bonds is 5. The fourth-order valence-electron chi connectivity index (χ4n) is 3.36. The predicted molar refractivity (Wildman–Crippen MR) is 106 cm³/mol. The third-order valence-electron chi connectivity index (χ3n) is 4.82. The number of carboxylic acid groups (broad SMARTS) is 1. The highest BCUT2D eigenvalue weighted by Gasteiger charge is 2.14.